The van der Waals surface area contributed by atoms with Crippen molar-refractivity contribution < 1.29 is 14.0 Å². The Bertz CT molecular complexity index is 1250. The Kier molecular flexibility index (Phi) is 6.23. The van der Waals surface area contributed by atoms with Gasteiger partial charge in [-0.2, -0.15) is 0 Å². The molecule has 2 aromatic carbocycles. The van der Waals surface area contributed by atoms with Crippen LogP contribution in [0.25, 0.3) is 10.9 Å². The van der Waals surface area contributed by atoms with E-state index in [1.54, 1.807) is 35.2 Å². The first-order valence-electron chi connectivity index (χ1n) is 10.4. The third-order valence-corrected chi connectivity index (χ3v) is 5.72. The maximum atomic E-state index is 14.2. The van der Waals surface area contributed by atoms with E-state index in [1.165, 1.54) is 17.0 Å². The molecule has 1 fully saturated rings. The fourth-order valence-electron chi connectivity index (χ4n) is 3.99. The molecule has 1 aliphatic rings. The van der Waals surface area contributed by atoms with Crippen molar-refractivity contribution in [1.29, 1.82) is 0 Å². The van der Waals surface area contributed by atoms with Gasteiger partial charge in [-0.05, 0) is 36.8 Å². The summed E-state index contributed by atoms with van der Waals surface area (Å²) in [5.74, 6) is -1.29. The summed E-state index contributed by atoms with van der Waals surface area (Å²) in [6.07, 6.45) is 0.692. The van der Waals surface area contributed by atoms with Crippen molar-refractivity contribution in [1.82, 2.24) is 14.9 Å². The Morgan fingerprint density at radius 2 is 2.06 bits per heavy atom. The predicted octanol–water partition coefficient (Wildman–Crippen LogP) is 3.51. The van der Waals surface area contributed by atoms with E-state index in [0.29, 0.717) is 34.7 Å². The number of nitrogens with one attached hydrogen (secondary N) is 1. The Hall–Kier alpha value is -3.26. The van der Waals surface area contributed by atoms with E-state index < -0.39 is 11.7 Å². The normalized spacial score (nSPS) is 16.0. The lowest BCUT2D eigenvalue weighted by atomic mass is 10.1. The van der Waals surface area contributed by atoms with Crippen molar-refractivity contribution in [3.63, 3.8) is 0 Å². The molecule has 7 nitrogen and oxygen atoms in total. The first-order valence-corrected chi connectivity index (χ1v) is 10.8. The Morgan fingerprint density at radius 3 is 2.81 bits per heavy atom. The molecule has 0 aliphatic carbocycles. The van der Waals surface area contributed by atoms with Crippen molar-refractivity contribution in [3.05, 3.63) is 69.5 Å². The predicted molar refractivity (Wildman–Crippen MR) is 120 cm³/mol. The van der Waals surface area contributed by atoms with Crippen LogP contribution < -0.4 is 10.5 Å². The molecule has 3 aromatic rings. The van der Waals surface area contributed by atoms with Crippen LogP contribution in [-0.2, 0) is 16.1 Å². The van der Waals surface area contributed by atoms with Crippen molar-refractivity contribution in [2.75, 3.05) is 18.0 Å². The molecule has 0 unspecified atom stereocenters. The van der Waals surface area contributed by atoms with E-state index in [2.05, 4.69) is 9.97 Å². The highest BCUT2D eigenvalue weighted by Gasteiger charge is 2.38. The fraction of sp³-hybridized carbons (Fsp3) is 0.304. The summed E-state index contributed by atoms with van der Waals surface area (Å²) in [5.41, 5.74) is 0.307. The zero-order valence-electron chi connectivity index (χ0n) is 17.5. The third kappa shape index (κ3) is 4.36. The molecular formula is C23H22ClFN4O3. The van der Waals surface area contributed by atoms with Crippen LogP contribution in [0.1, 0.15) is 25.6 Å². The number of hydrogen-bond acceptors (Lipinski definition) is 4. The number of benzene rings is 2. The molecule has 1 N–H and O–H groups in total. The summed E-state index contributed by atoms with van der Waals surface area (Å²) in [7, 11) is 0. The van der Waals surface area contributed by atoms with E-state index in [1.807, 2.05) is 6.92 Å². The van der Waals surface area contributed by atoms with E-state index in [9.17, 15) is 18.8 Å². The maximum absolute atomic E-state index is 14.2. The minimum Gasteiger partial charge on any atom is -0.335 e. The van der Waals surface area contributed by atoms with Gasteiger partial charge < -0.3 is 14.8 Å². The minimum absolute atomic E-state index is 0.00462. The van der Waals surface area contributed by atoms with E-state index in [0.717, 1.165) is 0 Å². The molecule has 166 valence electrons. The summed E-state index contributed by atoms with van der Waals surface area (Å²) in [4.78, 5) is 48.3. The van der Waals surface area contributed by atoms with Crippen LogP contribution in [0.3, 0.4) is 0 Å². The molecule has 2 heterocycles. The zero-order valence-corrected chi connectivity index (χ0v) is 18.2. The molecule has 1 atom stereocenters. The number of aromatic amines is 1. The second-order valence-corrected chi connectivity index (χ2v) is 8.23. The SMILES string of the molecule is CCCN(Cc1nc2cc(Cl)ccc2c(=O)[nH]1)C(=O)[C@@H]1CC(=O)N(c2ccccc2F)C1. The second kappa shape index (κ2) is 9.08. The summed E-state index contributed by atoms with van der Waals surface area (Å²) < 4.78 is 14.2. The molecule has 32 heavy (non-hydrogen) atoms. The number of nitrogens with zero attached hydrogens (tertiary/aromatic N) is 3. The lowest BCUT2D eigenvalue weighted by molar-refractivity contribution is -0.136. The first-order chi connectivity index (χ1) is 15.4. The highest BCUT2D eigenvalue weighted by atomic mass is 35.5. The number of hydrogen-bond donors (Lipinski definition) is 1. The zero-order chi connectivity index (χ0) is 22.8. The minimum atomic E-state index is -0.602. The van der Waals surface area contributed by atoms with Gasteiger partial charge in [-0.15, -0.1) is 0 Å². The molecule has 2 amide bonds. The number of aromatic nitrogens is 2. The van der Waals surface area contributed by atoms with Crippen molar-refractivity contribution in [2.24, 2.45) is 5.92 Å². The third-order valence-electron chi connectivity index (χ3n) is 5.48. The van der Waals surface area contributed by atoms with Crippen LogP contribution in [0.15, 0.2) is 47.3 Å². The molecule has 4 rings (SSSR count). The summed E-state index contributed by atoms with van der Waals surface area (Å²) in [5, 5.41) is 0.870. The van der Waals surface area contributed by atoms with Crippen LogP contribution in [0.4, 0.5) is 10.1 Å². The van der Waals surface area contributed by atoms with Gasteiger partial charge in [0, 0.05) is 24.5 Å². The highest BCUT2D eigenvalue weighted by Crippen LogP contribution is 2.28. The largest absolute Gasteiger partial charge is 0.335 e. The average molecular weight is 457 g/mol. The van der Waals surface area contributed by atoms with Gasteiger partial charge in [0.2, 0.25) is 11.8 Å². The number of H-pyrrole nitrogens is 1. The first kappa shape index (κ1) is 22.0. The Balaban J connectivity index is 1.56. The van der Waals surface area contributed by atoms with Gasteiger partial charge in [-0.1, -0.05) is 30.7 Å². The van der Waals surface area contributed by atoms with Gasteiger partial charge in [0.25, 0.3) is 5.56 Å². The second-order valence-electron chi connectivity index (χ2n) is 7.79. The van der Waals surface area contributed by atoms with E-state index >= 15 is 0 Å². The molecule has 9 heteroatoms. The van der Waals surface area contributed by atoms with Crippen molar-refractivity contribution in [2.45, 2.75) is 26.3 Å². The number of carbonyl (C=O) groups excluding carboxylic acids is 2. The Morgan fingerprint density at radius 1 is 1.28 bits per heavy atom. The highest BCUT2D eigenvalue weighted by molar-refractivity contribution is 6.31. The van der Waals surface area contributed by atoms with Crippen molar-refractivity contribution in [3.8, 4) is 0 Å². The van der Waals surface area contributed by atoms with E-state index in [-0.39, 0.29) is 42.6 Å². The number of para-hydroxylation sites is 1. The fourth-order valence-corrected chi connectivity index (χ4v) is 4.15. The monoisotopic (exact) mass is 456 g/mol. The van der Waals surface area contributed by atoms with Gasteiger partial charge in [0.05, 0.1) is 29.1 Å². The van der Waals surface area contributed by atoms with Crippen LogP contribution in [0.5, 0.6) is 0 Å². The number of rotatable bonds is 6. The number of fused-ring (bicyclic) bond motifs is 1. The summed E-state index contributed by atoms with van der Waals surface area (Å²) in [6.45, 7) is 2.56. The summed E-state index contributed by atoms with van der Waals surface area (Å²) in [6, 6.07) is 10.8. The molecular weight excluding hydrogens is 435 g/mol. The Labute approximate surface area is 188 Å². The molecule has 0 saturated carbocycles. The van der Waals surface area contributed by atoms with Crippen molar-refractivity contribution >= 4 is 40.0 Å². The van der Waals surface area contributed by atoms with Gasteiger partial charge in [0.1, 0.15) is 11.6 Å². The number of carbonyl (C=O) groups is 2. The lowest BCUT2D eigenvalue weighted by Crippen LogP contribution is -2.38. The molecule has 0 spiro atoms. The smallest absolute Gasteiger partial charge is 0.258 e. The van der Waals surface area contributed by atoms with Crippen LogP contribution in [0, 0.1) is 11.7 Å². The molecule has 1 saturated heterocycles. The number of amides is 2. The van der Waals surface area contributed by atoms with Gasteiger partial charge in [0.15, 0.2) is 0 Å². The molecule has 1 aromatic heterocycles. The quantitative estimate of drug-likeness (QED) is 0.615. The van der Waals surface area contributed by atoms with Crippen LogP contribution in [-0.4, -0.2) is 39.8 Å². The van der Waals surface area contributed by atoms with Gasteiger partial charge in [-0.25, -0.2) is 9.37 Å². The summed E-state index contributed by atoms with van der Waals surface area (Å²) >= 11 is 6.02. The molecule has 0 bridgehead atoms. The lowest BCUT2D eigenvalue weighted by Gasteiger charge is -2.25. The number of halogens is 2. The topological polar surface area (TPSA) is 86.4 Å². The molecule has 0 radical (unpaired) electrons. The van der Waals surface area contributed by atoms with Gasteiger partial charge >= 0.3 is 0 Å². The standard InChI is InChI=1S/C23H22ClFN4O3/c1-2-9-28(13-20-26-18-11-15(24)7-8-16(18)22(31)27-20)23(32)14-10-21(30)29(12-14)19-6-4-3-5-17(19)25/h3-8,11,14H,2,9-10,12-13H2,1H3,(H,26,27,31)/t14-/m1/s1. The maximum Gasteiger partial charge on any atom is 0.258 e. The van der Waals surface area contributed by atoms with E-state index in [4.69, 9.17) is 11.6 Å². The van der Waals surface area contributed by atoms with Crippen LogP contribution in [0.2, 0.25) is 5.02 Å². The number of anilines is 1. The average Bonchev–Trinajstić information content (AvgIpc) is 3.14. The van der Waals surface area contributed by atoms with Gasteiger partial charge in [-0.3, -0.25) is 14.4 Å². The van der Waals surface area contributed by atoms with Crippen LogP contribution >= 0.6 is 11.6 Å². The molecule has 1 aliphatic heterocycles.